The SMILES string of the molecule is CCOC(=O)c1nn(-c2cccc(OC)c2)c(N)c1C#N. The van der Waals surface area contributed by atoms with Crippen molar-refractivity contribution >= 4 is 11.8 Å². The first kappa shape index (κ1) is 14.4. The number of nitriles is 1. The number of hydrogen-bond donors (Lipinski definition) is 1. The molecule has 0 atom stereocenters. The lowest BCUT2D eigenvalue weighted by atomic mass is 10.2. The molecule has 21 heavy (non-hydrogen) atoms. The molecule has 7 heteroatoms. The van der Waals surface area contributed by atoms with E-state index in [0.717, 1.165) is 0 Å². The standard InChI is InChI=1S/C14H14N4O3/c1-3-21-14(19)12-11(8-15)13(16)18(17-12)9-5-4-6-10(7-9)20-2/h4-7H,3,16H2,1-2H3. The summed E-state index contributed by atoms with van der Waals surface area (Å²) in [5, 5.41) is 13.2. The lowest BCUT2D eigenvalue weighted by molar-refractivity contribution is 0.0518. The summed E-state index contributed by atoms with van der Waals surface area (Å²) in [6.45, 7) is 1.86. The van der Waals surface area contributed by atoms with Crippen LogP contribution in [0.3, 0.4) is 0 Å². The maximum atomic E-state index is 11.8. The van der Waals surface area contributed by atoms with Gasteiger partial charge < -0.3 is 15.2 Å². The first-order chi connectivity index (χ1) is 10.1. The summed E-state index contributed by atoms with van der Waals surface area (Å²) in [6, 6.07) is 8.83. The summed E-state index contributed by atoms with van der Waals surface area (Å²) in [6.07, 6.45) is 0. The third-order valence-electron chi connectivity index (χ3n) is 2.80. The van der Waals surface area contributed by atoms with Crippen molar-refractivity contribution in [3.8, 4) is 17.5 Å². The van der Waals surface area contributed by atoms with Crippen LogP contribution in [-0.2, 0) is 4.74 Å². The summed E-state index contributed by atoms with van der Waals surface area (Å²) in [5.74, 6) is 0.00907. The number of esters is 1. The molecule has 0 amide bonds. The van der Waals surface area contributed by atoms with E-state index in [-0.39, 0.29) is 23.7 Å². The lowest BCUT2D eigenvalue weighted by Crippen LogP contribution is -2.08. The second kappa shape index (κ2) is 5.96. The van der Waals surface area contributed by atoms with Crippen molar-refractivity contribution in [3.05, 3.63) is 35.5 Å². The Bertz CT molecular complexity index is 715. The fourth-order valence-corrected chi connectivity index (χ4v) is 1.82. The van der Waals surface area contributed by atoms with Crippen molar-refractivity contribution in [2.45, 2.75) is 6.92 Å². The predicted octanol–water partition coefficient (Wildman–Crippen LogP) is 1.51. The van der Waals surface area contributed by atoms with E-state index in [1.54, 1.807) is 31.2 Å². The number of nitrogens with two attached hydrogens (primary N) is 1. The molecule has 1 aromatic carbocycles. The maximum Gasteiger partial charge on any atom is 0.360 e. The molecule has 0 aliphatic rings. The molecule has 0 saturated heterocycles. The normalized spacial score (nSPS) is 9.95. The molecule has 0 spiro atoms. The smallest absolute Gasteiger partial charge is 0.360 e. The fourth-order valence-electron chi connectivity index (χ4n) is 1.82. The molecule has 0 fully saturated rings. The van der Waals surface area contributed by atoms with E-state index in [1.165, 1.54) is 11.8 Å². The molecule has 0 bridgehead atoms. The Morgan fingerprint density at radius 2 is 2.29 bits per heavy atom. The second-order valence-corrected chi connectivity index (χ2v) is 4.05. The van der Waals surface area contributed by atoms with Crippen LogP contribution >= 0.6 is 0 Å². The molecule has 0 radical (unpaired) electrons. The van der Waals surface area contributed by atoms with Gasteiger partial charge in [0.05, 0.1) is 19.4 Å². The average molecular weight is 286 g/mol. The van der Waals surface area contributed by atoms with Crippen molar-refractivity contribution in [2.24, 2.45) is 0 Å². The summed E-state index contributed by atoms with van der Waals surface area (Å²) < 4.78 is 11.3. The van der Waals surface area contributed by atoms with Gasteiger partial charge in [0.25, 0.3) is 0 Å². The molecule has 0 aliphatic carbocycles. The molecule has 2 N–H and O–H groups in total. The Hall–Kier alpha value is -3.01. The number of carbonyl (C=O) groups is 1. The molecule has 0 unspecified atom stereocenters. The summed E-state index contributed by atoms with van der Waals surface area (Å²) in [5.41, 5.74) is 6.38. The molecule has 108 valence electrons. The Kier molecular flexibility index (Phi) is 4.09. The van der Waals surface area contributed by atoms with E-state index in [0.29, 0.717) is 11.4 Å². The molecular formula is C14H14N4O3. The minimum absolute atomic E-state index is 0.00345. The Labute approximate surface area is 121 Å². The van der Waals surface area contributed by atoms with Crippen LogP contribution in [0.2, 0.25) is 0 Å². The highest BCUT2D eigenvalue weighted by molar-refractivity contribution is 5.92. The van der Waals surface area contributed by atoms with E-state index in [9.17, 15) is 4.79 Å². The zero-order valence-electron chi connectivity index (χ0n) is 11.7. The monoisotopic (exact) mass is 286 g/mol. The van der Waals surface area contributed by atoms with Crippen LogP contribution < -0.4 is 10.5 Å². The number of anilines is 1. The van der Waals surface area contributed by atoms with Gasteiger partial charge in [-0.3, -0.25) is 0 Å². The number of hydrogen-bond acceptors (Lipinski definition) is 6. The van der Waals surface area contributed by atoms with E-state index >= 15 is 0 Å². The fraction of sp³-hybridized carbons (Fsp3) is 0.214. The molecule has 1 heterocycles. The number of nitrogens with zero attached hydrogens (tertiary/aromatic N) is 3. The molecule has 1 aromatic heterocycles. The third kappa shape index (κ3) is 2.65. The topological polar surface area (TPSA) is 103 Å². The van der Waals surface area contributed by atoms with Crippen LogP contribution in [-0.4, -0.2) is 29.5 Å². The Morgan fingerprint density at radius 1 is 1.52 bits per heavy atom. The van der Waals surface area contributed by atoms with Crippen molar-refractivity contribution in [1.29, 1.82) is 5.26 Å². The lowest BCUT2D eigenvalue weighted by Gasteiger charge is -2.05. The highest BCUT2D eigenvalue weighted by Crippen LogP contribution is 2.23. The molecule has 7 nitrogen and oxygen atoms in total. The summed E-state index contributed by atoms with van der Waals surface area (Å²) in [7, 11) is 1.54. The third-order valence-corrected chi connectivity index (χ3v) is 2.80. The van der Waals surface area contributed by atoms with Crippen molar-refractivity contribution in [2.75, 3.05) is 19.5 Å². The van der Waals surface area contributed by atoms with E-state index < -0.39 is 5.97 Å². The number of aromatic nitrogens is 2. The van der Waals surface area contributed by atoms with Gasteiger partial charge in [-0.2, -0.15) is 10.4 Å². The molecule has 0 saturated carbocycles. The van der Waals surface area contributed by atoms with Gasteiger partial charge in [0.15, 0.2) is 5.69 Å². The van der Waals surface area contributed by atoms with Gasteiger partial charge in [-0.05, 0) is 19.1 Å². The van der Waals surface area contributed by atoms with Gasteiger partial charge in [0.1, 0.15) is 23.2 Å². The van der Waals surface area contributed by atoms with Gasteiger partial charge in [-0.15, -0.1) is 0 Å². The Morgan fingerprint density at radius 3 is 2.90 bits per heavy atom. The number of rotatable bonds is 4. The number of nitrogen functional groups attached to an aromatic ring is 1. The first-order valence-electron chi connectivity index (χ1n) is 6.22. The van der Waals surface area contributed by atoms with Gasteiger partial charge in [0.2, 0.25) is 0 Å². The maximum absolute atomic E-state index is 11.8. The molecule has 2 rings (SSSR count). The van der Waals surface area contributed by atoms with Gasteiger partial charge in [-0.1, -0.05) is 6.07 Å². The second-order valence-electron chi connectivity index (χ2n) is 4.05. The number of ether oxygens (including phenoxy) is 2. The number of benzene rings is 1. The summed E-state index contributed by atoms with van der Waals surface area (Å²) in [4.78, 5) is 11.8. The quantitative estimate of drug-likeness (QED) is 0.854. The predicted molar refractivity (Wildman–Crippen MR) is 75.2 cm³/mol. The minimum atomic E-state index is -0.678. The highest BCUT2D eigenvalue weighted by Gasteiger charge is 2.23. The average Bonchev–Trinajstić information content (AvgIpc) is 2.84. The van der Waals surface area contributed by atoms with E-state index in [1.807, 2.05) is 6.07 Å². The van der Waals surface area contributed by atoms with E-state index in [4.69, 9.17) is 20.5 Å². The zero-order chi connectivity index (χ0) is 15.4. The zero-order valence-corrected chi connectivity index (χ0v) is 11.7. The minimum Gasteiger partial charge on any atom is -0.497 e. The molecular weight excluding hydrogens is 272 g/mol. The van der Waals surface area contributed by atoms with Gasteiger partial charge >= 0.3 is 5.97 Å². The van der Waals surface area contributed by atoms with Crippen LogP contribution in [0.5, 0.6) is 5.75 Å². The van der Waals surface area contributed by atoms with Crippen molar-refractivity contribution in [3.63, 3.8) is 0 Å². The Balaban J connectivity index is 2.55. The van der Waals surface area contributed by atoms with Crippen LogP contribution in [0.15, 0.2) is 24.3 Å². The van der Waals surface area contributed by atoms with Crippen LogP contribution in [0.1, 0.15) is 23.0 Å². The largest absolute Gasteiger partial charge is 0.497 e. The highest BCUT2D eigenvalue weighted by atomic mass is 16.5. The van der Waals surface area contributed by atoms with Crippen molar-refractivity contribution in [1.82, 2.24) is 9.78 Å². The van der Waals surface area contributed by atoms with Crippen LogP contribution in [0.4, 0.5) is 5.82 Å². The summed E-state index contributed by atoms with van der Waals surface area (Å²) >= 11 is 0. The number of carbonyl (C=O) groups excluding carboxylic acids is 1. The van der Waals surface area contributed by atoms with Gasteiger partial charge in [-0.25, -0.2) is 9.48 Å². The molecule has 2 aromatic rings. The van der Waals surface area contributed by atoms with Crippen LogP contribution in [0, 0.1) is 11.3 Å². The first-order valence-corrected chi connectivity index (χ1v) is 6.22. The van der Waals surface area contributed by atoms with E-state index in [2.05, 4.69) is 5.10 Å². The number of methoxy groups -OCH3 is 1. The van der Waals surface area contributed by atoms with Crippen LogP contribution in [0.25, 0.3) is 5.69 Å². The van der Waals surface area contributed by atoms with Crippen molar-refractivity contribution < 1.29 is 14.3 Å². The molecule has 0 aliphatic heterocycles. The van der Waals surface area contributed by atoms with Gasteiger partial charge in [0, 0.05) is 6.07 Å².